The van der Waals surface area contributed by atoms with Crippen molar-refractivity contribution in [2.75, 3.05) is 0 Å². The summed E-state index contributed by atoms with van der Waals surface area (Å²) in [7, 11) is 0. The molecule has 7 nitrogen and oxygen atoms in total. The number of fused-ring (bicyclic) bond motifs is 1. The molecule has 0 spiro atoms. The maximum absolute atomic E-state index is 12.4. The van der Waals surface area contributed by atoms with Gasteiger partial charge in [0.05, 0.1) is 9.77 Å². The summed E-state index contributed by atoms with van der Waals surface area (Å²) in [5, 5.41) is 13.8. The van der Waals surface area contributed by atoms with Gasteiger partial charge in [0, 0.05) is 24.2 Å². The lowest BCUT2D eigenvalue weighted by Gasteiger charge is -2.28. The second-order valence-corrected chi connectivity index (χ2v) is 8.63. The van der Waals surface area contributed by atoms with Crippen LogP contribution in [0, 0.1) is 8.99 Å². The van der Waals surface area contributed by atoms with Crippen LogP contribution in [0.5, 0.6) is 0 Å². The number of carbonyl (C=O) groups is 2. The predicted molar refractivity (Wildman–Crippen MR) is 89.9 cm³/mol. The molecule has 1 saturated heterocycles. The zero-order chi connectivity index (χ0) is 17.0. The highest BCUT2D eigenvalue weighted by Crippen LogP contribution is 2.60. The lowest BCUT2D eigenvalue weighted by atomic mass is 10.00. The molecule has 1 amide bonds. The minimum Gasteiger partial charge on any atom is -0.480 e. The van der Waals surface area contributed by atoms with Crippen LogP contribution in [0.4, 0.5) is 4.79 Å². The smallest absolute Gasteiger partial charge is 0.411 e. The molecule has 0 radical (unpaired) electrons. The van der Waals surface area contributed by atoms with E-state index < -0.39 is 23.7 Å². The van der Waals surface area contributed by atoms with Crippen LogP contribution < -0.4 is 0 Å². The first-order valence-electron chi connectivity index (χ1n) is 7.53. The Morgan fingerprint density at radius 3 is 2.70 bits per heavy atom. The number of hydrogen-bond acceptors (Lipinski definition) is 4. The van der Waals surface area contributed by atoms with Gasteiger partial charge in [-0.25, -0.2) is 9.59 Å². The Balaban J connectivity index is 1.78. The number of aliphatic carboxylic acids is 1. The van der Waals surface area contributed by atoms with Crippen molar-refractivity contribution in [1.82, 2.24) is 14.7 Å². The first kappa shape index (κ1) is 16.5. The maximum atomic E-state index is 12.4. The van der Waals surface area contributed by atoms with Crippen molar-refractivity contribution in [2.24, 2.45) is 5.41 Å². The van der Waals surface area contributed by atoms with Gasteiger partial charge in [0.15, 0.2) is 0 Å². The van der Waals surface area contributed by atoms with Crippen LogP contribution in [0.3, 0.4) is 0 Å². The van der Waals surface area contributed by atoms with Crippen LogP contribution in [0.25, 0.3) is 0 Å². The Bertz CT molecular complexity index is 653. The molecule has 8 heteroatoms. The highest BCUT2D eigenvalue weighted by atomic mass is 127. The molecule has 0 bridgehead atoms. The zero-order valence-corrected chi connectivity index (χ0v) is 15.5. The van der Waals surface area contributed by atoms with Crippen LogP contribution in [0.1, 0.15) is 33.6 Å². The summed E-state index contributed by atoms with van der Waals surface area (Å²) in [6, 6.07) is -0.904. The highest BCUT2D eigenvalue weighted by molar-refractivity contribution is 14.1. The van der Waals surface area contributed by atoms with Crippen molar-refractivity contribution in [3.05, 3.63) is 16.0 Å². The third-order valence-corrected chi connectivity index (χ3v) is 4.94. The number of amides is 1. The molecule has 2 aliphatic rings. The van der Waals surface area contributed by atoms with Gasteiger partial charge in [-0.05, 0) is 56.2 Å². The van der Waals surface area contributed by atoms with E-state index in [-0.39, 0.29) is 11.5 Å². The van der Waals surface area contributed by atoms with Crippen molar-refractivity contribution in [1.29, 1.82) is 0 Å². The Kier molecular flexibility index (Phi) is 3.85. The van der Waals surface area contributed by atoms with Crippen LogP contribution in [0.15, 0.2) is 12.4 Å². The standard InChI is InChI=1S/C15H20IN3O4/c1-14(2,3)23-13(22)19-10(12(20)21)4-15(5-11(15)19)8-18-7-9(16)6-17-18/h6-7,10-11H,4-5,8H2,1-3H3,(H,20,21)/t10-,11?,15-/m0/s1. The first-order chi connectivity index (χ1) is 10.6. The average molecular weight is 433 g/mol. The number of rotatable bonds is 3. The summed E-state index contributed by atoms with van der Waals surface area (Å²) in [6.45, 7) is 5.97. The number of hydrogen-bond donors (Lipinski definition) is 1. The largest absolute Gasteiger partial charge is 0.480 e. The fourth-order valence-electron chi connectivity index (χ4n) is 3.40. The molecule has 1 aromatic heterocycles. The van der Waals surface area contributed by atoms with Gasteiger partial charge in [0.2, 0.25) is 0 Å². The number of nitrogens with zero attached hydrogens (tertiary/aromatic N) is 3. The third-order valence-electron chi connectivity index (χ3n) is 4.39. The molecule has 0 aromatic carbocycles. The maximum Gasteiger partial charge on any atom is 0.411 e. The van der Waals surface area contributed by atoms with Gasteiger partial charge in [-0.1, -0.05) is 0 Å². The minimum absolute atomic E-state index is 0.0830. The molecule has 1 aliphatic heterocycles. The molecule has 3 rings (SSSR count). The van der Waals surface area contributed by atoms with E-state index in [0.29, 0.717) is 13.0 Å². The topological polar surface area (TPSA) is 84.7 Å². The molecule has 1 aliphatic carbocycles. The number of carboxylic acid groups (broad SMARTS) is 1. The summed E-state index contributed by atoms with van der Waals surface area (Å²) < 4.78 is 8.27. The number of likely N-dealkylation sites (tertiary alicyclic amines) is 1. The number of aromatic nitrogens is 2. The Morgan fingerprint density at radius 1 is 1.48 bits per heavy atom. The molecule has 1 aromatic rings. The van der Waals surface area contributed by atoms with Gasteiger partial charge in [-0.15, -0.1) is 0 Å². The number of ether oxygens (including phenoxy) is 1. The number of carboxylic acids is 1. The van der Waals surface area contributed by atoms with Crippen molar-refractivity contribution in [3.8, 4) is 0 Å². The van der Waals surface area contributed by atoms with Crippen molar-refractivity contribution in [2.45, 2.75) is 57.8 Å². The van der Waals surface area contributed by atoms with Crippen LogP contribution >= 0.6 is 22.6 Å². The zero-order valence-electron chi connectivity index (χ0n) is 13.3. The van der Waals surface area contributed by atoms with E-state index in [1.165, 1.54) is 4.90 Å². The van der Waals surface area contributed by atoms with E-state index in [9.17, 15) is 14.7 Å². The molecular formula is C15H20IN3O4. The lowest BCUT2D eigenvalue weighted by Crippen LogP contribution is -2.45. The van der Waals surface area contributed by atoms with E-state index in [0.717, 1.165) is 9.99 Å². The normalized spacial score (nSPS) is 29.3. The van der Waals surface area contributed by atoms with E-state index in [2.05, 4.69) is 27.7 Å². The fourth-order valence-corrected chi connectivity index (χ4v) is 3.84. The van der Waals surface area contributed by atoms with Crippen LogP contribution in [0.2, 0.25) is 0 Å². The number of piperidine rings is 1. The van der Waals surface area contributed by atoms with Crippen molar-refractivity contribution in [3.63, 3.8) is 0 Å². The van der Waals surface area contributed by atoms with E-state index in [1.54, 1.807) is 27.0 Å². The summed E-state index contributed by atoms with van der Waals surface area (Å²) in [6.07, 6.45) is 4.40. The van der Waals surface area contributed by atoms with Gasteiger partial charge >= 0.3 is 12.1 Å². The van der Waals surface area contributed by atoms with Crippen molar-refractivity contribution >= 4 is 34.7 Å². The monoisotopic (exact) mass is 433 g/mol. The van der Waals surface area contributed by atoms with E-state index >= 15 is 0 Å². The second-order valence-electron chi connectivity index (χ2n) is 7.38. The SMILES string of the molecule is CC(C)(C)OC(=O)N1C2C[C@]2(Cn2cc(I)cn2)C[C@H]1C(=O)O. The van der Waals surface area contributed by atoms with Crippen molar-refractivity contribution < 1.29 is 19.4 Å². The summed E-state index contributed by atoms with van der Waals surface area (Å²) in [4.78, 5) is 25.4. The van der Waals surface area contributed by atoms with Gasteiger partial charge in [0.1, 0.15) is 11.6 Å². The molecule has 1 saturated carbocycles. The molecule has 23 heavy (non-hydrogen) atoms. The summed E-state index contributed by atoms with van der Waals surface area (Å²) in [5.41, 5.74) is -0.840. The molecule has 3 atom stereocenters. The van der Waals surface area contributed by atoms with Crippen LogP contribution in [-0.2, 0) is 16.1 Å². The Morgan fingerprint density at radius 2 is 2.17 bits per heavy atom. The number of halogens is 1. The number of carbonyl (C=O) groups excluding carboxylic acids is 1. The van der Waals surface area contributed by atoms with Gasteiger partial charge < -0.3 is 9.84 Å². The molecule has 2 fully saturated rings. The molecular weight excluding hydrogens is 413 g/mol. The minimum atomic E-state index is -0.975. The first-order valence-corrected chi connectivity index (χ1v) is 8.61. The molecule has 2 heterocycles. The van der Waals surface area contributed by atoms with Gasteiger partial charge in [-0.2, -0.15) is 5.10 Å². The third kappa shape index (κ3) is 3.17. The fraction of sp³-hybridized carbons (Fsp3) is 0.667. The quantitative estimate of drug-likeness (QED) is 0.740. The lowest BCUT2D eigenvalue weighted by molar-refractivity contribution is -0.142. The average Bonchev–Trinajstić information content (AvgIpc) is 2.74. The van der Waals surface area contributed by atoms with Gasteiger partial charge in [-0.3, -0.25) is 9.58 Å². The van der Waals surface area contributed by atoms with Gasteiger partial charge in [0.25, 0.3) is 0 Å². The van der Waals surface area contributed by atoms with Crippen LogP contribution in [-0.4, -0.2) is 49.5 Å². The summed E-state index contributed by atoms with van der Waals surface area (Å²) >= 11 is 2.19. The summed E-state index contributed by atoms with van der Waals surface area (Å²) in [5.74, 6) is -0.975. The second kappa shape index (κ2) is 5.35. The molecule has 1 N–H and O–H groups in total. The van der Waals surface area contributed by atoms with E-state index in [1.807, 2.05) is 10.9 Å². The Labute approximate surface area is 148 Å². The predicted octanol–water partition coefficient (Wildman–Crippen LogP) is 2.34. The van der Waals surface area contributed by atoms with E-state index in [4.69, 9.17) is 4.74 Å². The highest BCUT2D eigenvalue weighted by Gasteiger charge is 2.68. The molecule has 126 valence electrons. The Hall–Kier alpha value is -1.32. The molecule has 1 unspecified atom stereocenters.